The third-order valence-electron chi connectivity index (χ3n) is 16.0. The number of esters is 4. The molecular formula is C69H134O17P2. The number of carbonyl (C=O) groups is 4. The SMILES string of the molecule is CCCCCCCCCCCCCCCCC(=O)OC[C@H](COP(=O)(O)OC[C@@H](O)COP(=O)(O)OC[C@@H](COC(=O)CCCCCCC)OC(=O)CCCCCCCCCCCCCCC)OC(=O)CCCCCCCCCCCCCCCC(C)C. The van der Waals surface area contributed by atoms with Gasteiger partial charge >= 0.3 is 39.5 Å². The van der Waals surface area contributed by atoms with Crippen molar-refractivity contribution >= 4 is 39.5 Å². The van der Waals surface area contributed by atoms with Gasteiger partial charge < -0.3 is 33.8 Å². The molecule has 0 aromatic rings. The average molecular weight is 1300 g/mol. The number of hydrogen-bond acceptors (Lipinski definition) is 15. The van der Waals surface area contributed by atoms with Gasteiger partial charge in [0.2, 0.25) is 0 Å². The summed E-state index contributed by atoms with van der Waals surface area (Å²) in [4.78, 5) is 72.2. The molecular weight excluding hydrogens is 1160 g/mol. The molecule has 88 heavy (non-hydrogen) atoms. The molecule has 2 unspecified atom stereocenters. The monoisotopic (exact) mass is 1300 g/mol. The fraction of sp³-hybridized carbons (Fsp3) is 0.942. The number of aliphatic hydroxyl groups excluding tert-OH is 1. The van der Waals surface area contributed by atoms with Gasteiger partial charge in [-0.25, -0.2) is 9.13 Å². The molecule has 0 radical (unpaired) electrons. The Hall–Kier alpha value is -1.94. The van der Waals surface area contributed by atoms with Crippen molar-refractivity contribution in [1.82, 2.24) is 0 Å². The summed E-state index contributed by atoms with van der Waals surface area (Å²) in [6, 6.07) is 0. The molecule has 3 N–H and O–H groups in total. The van der Waals surface area contributed by atoms with Crippen LogP contribution in [0, 0.1) is 5.92 Å². The molecule has 522 valence electrons. The largest absolute Gasteiger partial charge is 0.472 e. The summed E-state index contributed by atoms with van der Waals surface area (Å²) in [7, 11) is -9.89. The molecule has 0 aliphatic rings. The number of unbranched alkanes of at least 4 members (excludes halogenated alkanes) is 41. The Morgan fingerprint density at radius 2 is 0.523 bits per heavy atom. The van der Waals surface area contributed by atoms with Gasteiger partial charge in [-0.2, -0.15) is 0 Å². The molecule has 0 saturated heterocycles. The zero-order chi connectivity index (χ0) is 64.9. The number of hydrogen-bond donors (Lipinski definition) is 3. The van der Waals surface area contributed by atoms with Crippen LogP contribution in [0.4, 0.5) is 0 Å². The van der Waals surface area contributed by atoms with Crippen molar-refractivity contribution < 1.29 is 80.2 Å². The topological polar surface area (TPSA) is 237 Å². The van der Waals surface area contributed by atoms with E-state index >= 15 is 0 Å². The maximum atomic E-state index is 13.0. The van der Waals surface area contributed by atoms with E-state index in [-0.39, 0.29) is 25.7 Å². The normalized spacial score (nSPS) is 14.1. The second kappa shape index (κ2) is 62.5. The number of rotatable bonds is 69. The first kappa shape index (κ1) is 86.1. The van der Waals surface area contributed by atoms with Crippen LogP contribution in [0.1, 0.15) is 356 Å². The first-order valence-electron chi connectivity index (χ1n) is 36.1. The lowest BCUT2D eigenvalue weighted by Gasteiger charge is -2.21. The van der Waals surface area contributed by atoms with Crippen molar-refractivity contribution in [3.8, 4) is 0 Å². The lowest BCUT2D eigenvalue weighted by atomic mass is 10.0. The summed E-state index contributed by atoms with van der Waals surface area (Å²) < 4.78 is 68.1. The molecule has 0 aromatic carbocycles. The van der Waals surface area contributed by atoms with Crippen LogP contribution >= 0.6 is 15.6 Å². The lowest BCUT2D eigenvalue weighted by Crippen LogP contribution is -2.30. The highest BCUT2D eigenvalue weighted by Gasteiger charge is 2.30. The van der Waals surface area contributed by atoms with Gasteiger partial charge in [0, 0.05) is 25.7 Å². The number of ether oxygens (including phenoxy) is 4. The molecule has 17 nitrogen and oxygen atoms in total. The minimum atomic E-state index is -4.95. The first-order chi connectivity index (χ1) is 42.5. The molecule has 0 bridgehead atoms. The lowest BCUT2D eigenvalue weighted by molar-refractivity contribution is -0.161. The molecule has 0 fully saturated rings. The molecule has 0 saturated carbocycles. The highest BCUT2D eigenvalue weighted by molar-refractivity contribution is 7.47. The standard InChI is InChI=1S/C69H134O17P2/c1-6-9-12-15-17-19-21-23-27-30-34-38-43-48-53-67(72)80-59-65(86-69(74)55-50-45-40-36-32-28-24-26-29-33-37-42-46-51-62(4)5)61-84-88(77,78)82-57-63(70)56-81-87(75,76)83-60-64(58-79-66(71)52-47-41-14-11-8-3)85-68(73)54-49-44-39-35-31-25-22-20-18-16-13-10-7-2/h62-65,70H,6-61H2,1-5H3,(H,75,76)(H,77,78)/t63-,64+,65+/m0/s1. The highest BCUT2D eigenvalue weighted by atomic mass is 31.2. The summed E-state index contributed by atoms with van der Waals surface area (Å²) in [6.45, 7) is 7.18. The zero-order valence-corrected chi connectivity index (χ0v) is 58.6. The van der Waals surface area contributed by atoms with E-state index in [2.05, 4.69) is 34.6 Å². The van der Waals surface area contributed by atoms with Gasteiger partial charge in [0.15, 0.2) is 12.2 Å². The Morgan fingerprint density at radius 1 is 0.307 bits per heavy atom. The Labute approximate surface area is 537 Å². The third-order valence-corrected chi connectivity index (χ3v) is 17.9. The van der Waals surface area contributed by atoms with Gasteiger partial charge in [-0.1, -0.05) is 304 Å². The smallest absolute Gasteiger partial charge is 0.462 e. The molecule has 0 heterocycles. The fourth-order valence-electron chi connectivity index (χ4n) is 10.5. The first-order valence-corrected chi connectivity index (χ1v) is 39.1. The Kier molecular flexibility index (Phi) is 61.1. The minimum Gasteiger partial charge on any atom is -0.462 e. The summed E-state index contributed by atoms with van der Waals surface area (Å²) in [5.74, 6) is -1.35. The molecule has 0 aliphatic heterocycles. The Bertz CT molecular complexity index is 1700. The predicted octanol–water partition coefficient (Wildman–Crippen LogP) is 19.7. The number of phosphoric ester groups is 2. The van der Waals surface area contributed by atoms with Crippen LogP contribution in [0.2, 0.25) is 0 Å². The van der Waals surface area contributed by atoms with Crippen molar-refractivity contribution in [2.24, 2.45) is 5.92 Å². The zero-order valence-electron chi connectivity index (χ0n) is 56.9. The maximum absolute atomic E-state index is 13.0. The quantitative estimate of drug-likeness (QED) is 0.0222. The van der Waals surface area contributed by atoms with Crippen LogP contribution in [-0.4, -0.2) is 96.7 Å². The Morgan fingerprint density at radius 3 is 0.773 bits per heavy atom. The summed E-state index contributed by atoms with van der Waals surface area (Å²) in [5, 5.41) is 10.6. The van der Waals surface area contributed by atoms with Crippen molar-refractivity contribution in [3.63, 3.8) is 0 Å². The molecule has 0 aliphatic carbocycles. The Balaban J connectivity index is 5.16. The van der Waals surface area contributed by atoms with Gasteiger partial charge in [0.05, 0.1) is 26.4 Å². The van der Waals surface area contributed by atoms with E-state index < -0.39 is 97.5 Å². The van der Waals surface area contributed by atoms with E-state index in [1.54, 1.807) is 0 Å². The van der Waals surface area contributed by atoms with E-state index in [1.165, 1.54) is 173 Å². The van der Waals surface area contributed by atoms with Crippen molar-refractivity contribution in [1.29, 1.82) is 0 Å². The second-order valence-electron chi connectivity index (χ2n) is 25.4. The molecule has 0 aromatic heterocycles. The molecule has 0 rings (SSSR count). The van der Waals surface area contributed by atoms with E-state index in [4.69, 9.17) is 37.0 Å². The molecule has 5 atom stereocenters. The predicted molar refractivity (Wildman–Crippen MR) is 354 cm³/mol. The summed E-state index contributed by atoms with van der Waals surface area (Å²) >= 11 is 0. The molecule has 0 spiro atoms. The van der Waals surface area contributed by atoms with Crippen molar-refractivity contribution in [3.05, 3.63) is 0 Å². The molecule has 0 amide bonds. The van der Waals surface area contributed by atoms with E-state index in [9.17, 15) is 43.2 Å². The van der Waals surface area contributed by atoms with Gasteiger partial charge in [0.25, 0.3) is 0 Å². The number of aliphatic hydroxyl groups is 1. The van der Waals surface area contributed by atoms with Crippen LogP contribution in [0.3, 0.4) is 0 Å². The van der Waals surface area contributed by atoms with Crippen LogP contribution in [0.15, 0.2) is 0 Å². The second-order valence-corrected chi connectivity index (χ2v) is 28.3. The van der Waals surface area contributed by atoms with E-state index in [0.29, 0.717) is 25.7 Å². The van der Waals surface area contributed by atoms with Gasteiger partial charge in [0.1, 0.15) is 19.3 Å². The third kappa shape index (κ3) is 62.8. The van der Waals surface area contributed by atoms with Gasteiger partial charge in [-0.15, -0.1) is 0 Å². The van der Waals surface area contributed by atoms with Gasteiger partial charge in [-0.3, -0.25) is 37.3 Å². The summed E-state index contributed by atoms with van der Waals surface area (Å²) in [6.07, 6.45) is 48.8. The average Bonchev–Trinajstić information content (AvgIpc) is 3.56. The van der Waals surface area contributed by atoms with E-state index in [1.807, 2.05) is 0 Å². The minimum absolute atomic E-state index is 0.107. The highest BCUT2D eigenvalue weighted by Crippen LogP contribution is 2.45. The van der Waals surface area contributed by atoms with Crippen LogP contribution in [0.25, 0.3) is 0 Å². The van der Waals surface area contributed by atoms with Crippen LogP contribution in [-0.2, 0) is 65.4 Å². The van der Waals surface area contributed by atoms with Crippen molar-refractivity contribution in [2.75, 3.05) is 39.6 Å². The maximum Gasteiger partial charge on any atom is 0.472 e. The van der Waals surface area contributed by atoms with Crippen molar-refractivity contribution in [2.45, 2.75) is 374 Å². The number of carbonyl (C=O) groups excluding carboxylic acids is 4. The van der Waals surface area contributed by atoms with Crippen LogP contribution < -0.4 is 0 Å². The summed E-state index contributed by atoms with van der Waals surface area (Å²) in [5.41, 5.74) is 0. The fourth-order valence-corrected chi connectivity index (χ4v) is 12.0. The van der Waals surface area contributed by atoms with Crippen LogP contribution in [0.5, 0.6) is 0 Å². The molecule has 19 heteroatoms. The number of phosphoric acid groups is 2. The van der Waals surface area contributed by atoms with E-state index in [0.717, 1.165) is 102 Å². The van der Waals surface area contributed by atoms with Gasteiger partial charge in [-0.05, 0) is 31.6 Å².